The standard InChI is InChI=1S/C8H7N3O2/c9-8-10-4-2-1-3-5(12)6(4)7(13)11-8/h1-3,12H,(H3,9,10,11,13). The normalized spacial score (nSPS) is 10.5. The van der Waals surface area contributed by atoms with Crippen LogP contribution in [0.2, 0.25) is 0 Å². The average molecular weight is 177 g/mol. The van der Waals surface area contributed by atoms with E-state index in [0.29, 0.717) is 5.52 Å². The Morgan fingerprint density at radius 1 is 1.46 bits per heavy atom. The number of anilines is 1. The minimum Gasteiger partial charge on any atom is -0.507 e. The number of fused-ring (bicyclic) bond motifs is 1. The van der Waals surface area contributed by atoms with Crippen LogP contribution in [-0.2, 0) is 0 Å². The molecule has 0 spiro atoms. The van der Waals surface area contributed by atoms with Crippen LogP contribution in [0.25, 0.3) is 10.9 Å². The Balaban J connectivity index is 3.03. The van der Waals surface area contributed by atoms with Gasteiger partial charge in [0, 0.05) is 0 Å². The molecule has 0 saturated carbocycles. The number of phenols is 1. The topological polar surface area (TPSA) is 92.0 Å². The molecular formula is C8H7N3O2. The van der Waals surface area contributed by atoms with Gasteiger partial charge in [0.2, 0.25) is 5.95 Å². The van der Waals surface area contributed by atoms with Gasteiger partial charge in [-0.1, -0.05) is 6.07 Å². The molecule has 1 aromatic heterocycles. The summed E-state index contributed by atoms with van der Waals surface area (Å²) in [6.45, 7) is 0. The third kappa shape index (κ3) is 1.10. The second-order valence-corrected chi connectivity index (χ2v) is 2.62. The highest BCUT2D eigenvalue weighted by Crippen LogP contribution is 2.18. The molecule has 0 unspecified atom stereocenters. The highest BCUT2D eigenvalue weighted by Gasteiger charge is 2.05. The summed E-state index contributed by atoms with van der Waals surface area (Å²) in [5.41, 5.74) is 5.29. The molecule has 1 heterocycles. The lowest BCUT2D eigenvalue weighted by Gasteiger charge is -1.99. The zero-order valence-electron chi connectivity index (χ0n) is 6.61. The lowest BCUT2D eigenvalue weighted by Crippen LogP contribution is -2.11. The van der Waals surface area contributed by atoms with Crippen LogP contribution < -0.4 is 11.3 Å². The second kappa shape index (κ2) is 2.48. The van der Waals surface area contributed by atoms with Gasteiger partial charge >= 0.3 is 0 Å². The molecule has 1 aromatic carbocycles. The second-order valence-electron chi connectivity index (χ2n) is 2.62. The summed E-state index contributed by atoms with van der Waals surface area (Å²) in [4.78, 5) is 17.4. The van der Waals surface area contributed by atoms with E-state index in [1.165, 1.54) is 6.07 Å². The highest BCUT2D eigenvalue weighted by molar-refractivity contribution is 5.84. The summed E-state index contributed by atoms with van der Waals surface area (Å²) in [7, 11) is 0. The number of phenolic OH excluding ortho intramolecular Hbond substituents is 1. The number of hydrogen-bond donors (Lipinski definition) is 3. The van der Waals surface area contributed by atoms with Gasteiger partial charge in [-0.3, -0.25) is 9.78 Å². The Morgan fingerprint density at radius 2 is 2.23 bits per heavy atom. The first-order chi connectivity index (χ1) is 6.18. The van der Waals surface area contributed by atoms with Crippen LogP contribution in [0, 0.1) is 0 Å². The molecule has 0 aliphatic rings. The summed E-state index contributed by atoms with van der Waals surface area (Å²) in [5.74, 6) is -0.0469. The average Bonchev–Trinajstić information content (AvgIpc) is 2.02. The summed E-state index contributed by atoms with van der Waals surface area (Å²) < 4.78 is 0. The van der Waals surface area contributed by atoms with Gasteiger partial charge < -0.3 is 10.8 Å². The number of aromatic hydroxyl groups is 1. The maximum Gasteiger partial charge on any atom is 0.263 e. The predicted molar refractivity (Wildman–Crippen MR) is 48.4 cm³/mol. The van der Waals surface area contributed by atoms with Crippen molar-refractivity contribution in [3.63, 3.8) is 0 Å². The minimum absolute atomic E-state index is 0.0445. The Bertz CT molecular complexity index is 518. The summed E-state index contributed by atoms with van der Waals surface area (Å²) in [6.07, 6.45) is 0. The van der Waals surface area contributed by atoms with E-state index in [0.717, 1.165) is 0 Å². The molecule has 0 fully saturated rings. The molecular weight excluding hydrogens is 170 g/mol. The van der Waals surface area contributed by atoms with E-state index >= 15 is 0 Å². The lowest BCUT2D eigenvalue weighted by molar-refractivity contribution is 0.481. The molecule has 2 rings (SSSR count). The van der Waals surface area contributed by atoms with E-state index < -0.39 is 5.56 Å². The Morgan fingerprint density at radius 3 is 3.00 bits per heavy atom. The molecule has 0 atom stereocenters. The summed E-state index contributed by atoms with van der Waals surface area (Å²) in [6, 6.07) is 4.64. The monoisotopic (exact) mass is 177 g/mol. The van der Waals surface area contributed by atoms with Crippen LogP contribution in [0.15, 0.2) is 23.0 Å². The first-order valence-corrected chi connectivity index (χ1v) is 3.66. The molecule has 66 valence electrons. The SMILES string of the molecule is Nc1nc2cccc(O)c2c(=O)[nH]1. The highest BCUT2D eigenvalue weighted by atomic mass is 16.3. The number of nitrogens with two attached hydrogens (primary N) is 1. The maximum absolute atomic E-state index is 11.3. The van der Waals surface area contributed by atoms with Crippen LogP contribution in [0.5, 0.6) is 5.75 Å². The fourth-order valence-electron chi connectivity index (χ4n) is 1.19. The van der Waals surface area contributed by atoms with E-state index in [-0.39, 0.29) is 17.1 Å². The maximum atomic E-state index is 11.3. The number of hydrogen-bond acceptors (Lipinski definition) is 4. The van der Waals surface area contributed by atoms with Crippen LogP contribution in [-0.4, -0.2) is 15.1 Å². The fraction of sp³-hybridized carbons (Fsp3) is 0. The number of nitrogens with one attached hydrogen (secondary N) is 1. The van der Waals surface area contributed by atoms with Crippen molar-refractivity contribution < 1.29 is 5.11 Å². The lowest BCUT2D eigenvalue weighted by atomic mass is 10.2. The Hall–Kier alpha value is -2.04. The molecule has 2 aromatic rings. The van der Waals surface area contributed by atoms with Crippen molar-refractivity contribution in [1.29, 1.82) is 0 Å². The van der Waals surface area contributed by atoms with Crippen LogP contribution in [0.3, 0.4) is 0 Å². The number of nitrogen functional groups attached to an aromatic ring is 1. The van der Waals surface area contributed by atoms with Crippen LogP contribution in [0.4, 0.5) is 5.95 Å². The van der Waals surface area contributed by atoms with Gasteiger partial charge in [0.15, 0.2) is 0 Å². The van der Waals surface area contributed by atoms with Crippen molar-refractivity contribution in [3.8, 4) is 5.75 Å². The molecule has 13 heavy (non-hydrogen) atoms. The van der Waals surface area contributed by atoms with E-state index in [1.54, 1.807) is 12.1 Å². The number of benzene rings is 1. The summed E-state index contributed by atoms with van der Waals surface area (Å²) >= 11 is 0. The van der Waals surface area contributed by atoms with E-state index in [4.69, 9.17) is 5.73 Å². The molecule has 0 aliphatic carbocycles. The van der Waals surface area contributed by atoms with Gasteiger partial charge in [0.25, 0.3) is 5.56 Å². The van der Waals surface area contributed by atoms with Crippen molar-refractivity contribution in [3.05, 3.63) is 28.6 Å². The Kier molecular flexibility index (Phi) is 1.45. The van der Waals surface area contributed by atoms with Gasteiger partial charge in [0.1, 0.15) is 11.1 Å². The third-order valence-electron chi connectivity index (χ3n) is 1.73. The molecule has 0 saturated heterocycles. The number of aromatic nitrogens is 2. The Labute approximate surface area is 72.8 Å². The number of aromatic amines is 1. The van der Waals surface area contributed by atoms with Gasteiger partial charge in [-0.25, -0.2) is 4.98 Å². The summed E-state index contributed by atoms with van der Waals surface area (Å²) in [5, 5.41) is 9.51. The number of rotatable bonds is 0. The minimum atomic E-state index is -0.430. The quantitative estimate of drug-likeness (QED) is 0.536. The zero-order chi connectivity index (χ0) is 9.42. The van der Waals surface area contributed by atoms with E-state index in [2.05, 4.69) is 9.97 Å². The van der Waals surface area contributed by atoms with Crippen molar-refractivity contribution in [2.45, 2.75) is 0 Å². The van der Waals surface area contributed by atoms with Crippen LogP contribution in [0.1, 0.15) is 0 Å². The van der Waals surface area contributed by atoms with Crippen molar-refractivity contribution in [2.75, 3.05) is 5.73 Å². The van der Waals surface area contributed by atoms with Crippen molar-refractivity contribution in [2.24, 2.45) is 0 Å². The molecule has 0 amide bonds. The van der Waals surface area contributed by atoms with Gasteiger partial charge in [-0.2, -0.15) is 0 Å². The molecule has 0 bridgehead atoms. The predicted octanol–water partition coefficient (Wildman–Crippen LogP) is 0.211. The molecule has 5 nitrogen and oxygen atoms in total. The van der Waals surface area contributed by atoms with Gasteiger partial charge in [-0.05, 0) is 12.1 Å². The zero-order valence-corrected chi connectivity index (χ0v) is 6.61. The number of nitrogens with zero attached hydrogens (tertiary/aromatic N) is 1. The first kappa shape index (κ1) is 7.60. The van der Waals surface area contributed by atoms with Crippen molar-refractivity contribution in [1.82, 2.24) is 9.97 Å². The van der Waals surface area contributed by atoms with E-state index in [9.17, 15) is 9.90 Å². The molecule has 4 N–H and O–H groups in total. The first-order valence-electron chi connectivity index (χ1n) is 3.66. The van der Waals surface area contributed by atoms with Gasteiger partial charge in [0.05, 0.1) is 5.52 Å². The molecule has 0 aliphatic heterocycles. The third-order valence-corrected chi connectivity index (χ3v) is 1.73. The van der Waals surface area contributed by atoms with E-state index in [1.807, 2.05) is 0 Å². The molecule has 0 radical (unpaired) electrons. The smallest absolute Gasteiger partial charge is 0.263 e. The number of H-pyrrole nitrogens is 1. The molecule has 5 heteroatoms. The van der Waals surface area contributed by atoms with Gasteiger partial charge in [-0.15, -0.1) is 0 Å². The fourth-order valence-corrected chi connectivity index (χ4v) is 1.19. The largest absolute Gasteiger partial charge is 0.507 e. The van der Waals surface area contributed by atoms with Crippen LogP contribution >= 0.6 is 0 Å². The van der Waals surface area contributed by atoms with Crippen molar-refractivity contribution >= 4 is 16.9 Å².